The number of esters is 1. The molecule has 106 valence electrons. The molecule has 1 aliphatic rings. The Morgan fingerprint density at radius 1 is 1.40 bits per heavy atom. The number of amides is 3. The zero-order valence-electron chi connectivity index (χ0n) is 11.1. The predicted octanol–water partition coefficient (Wildman–Crippen LogP) is 1.63. The highest BCUT2D eigenvalue weighted by Gasteiger charge is 2.33. The number of urea groups is 1. The molecule has 1 saturated heterocycles. The monoisotopic (exact) mass is 340 g/mol. The third kappa shape index (κ3) is 2.67. The van der Waals surface area contributed by atoms with Crippen LogP contribution >= 0.6 is 15.9 Å². The van der Waals surface area contributed by atoms with E-state index in [0.717, 1.165) is 5.56 Å². The van der Waals surface area contributed by atoms with Gasteiger partial charge < -0.3 is 9.64 Å². The molecule has 0 saturated carbocycles. The lowest BCUT2D eigenvalue weighted by atomic mass is 10.1. The Bertz CT molecular complexity index is 588. The van der Waals surface area contributed by atoms with Crippen molar-refractivity contribution in [1.82, 2.24) is 9.80 Å². The number of carbonyl (C=O) groups is 3. The van der Waals surface area contributed by atoms with E-state index in [1.165, 1.54) is 16.9 Å². The first-order valence-electron chi connectivity index (χ1n) is 5.86. The largest absolute Gasteiger partial charge is 0.465 e. The third-order valence-electron chi connectivity index (χ3n) is 3.03. The van der Waals surface area contributed by atoms with Gasteiger partial charge in [-0.3, -0.25) is 9.69 Å². The van der Waals surface area contributed by atoms with E-state index in [-0.39, 0.29) is 25.0 Å². The third-order valence-corrected chi connectivity index (χ3v) is 3.77. The molecule has 1 heterocycles. The van der Waals surface area contributed by atoms with Crippen molar-refractivity contribution in [2.75, 3.05) is 20.7 Å². The molecule has 0 unspecified atom stereocenters. The number of methoxy groups -OCH3 is 1. The molecule has 0 spiro atoms. The van der Waals surface area contributed by atoms with E-state index in [4.69, 9.17) is 0 Å². The number of likely N-dealkylation sites (N-methyl/N-ethyl adjacent to an activating group) is 1. The minimum Gasteiger partial charge on any atom is -0.465 e. The maximum Gasteiger partial charge on any atom is 0.337 e. The van der Waals surface area contributed by atoms with Crippen molar-refractivity contribution in [3.05, 3.63) is 33.8 Å². The van der Waals surface area contributed by atoms with Crippen LogP contribution in [0.3, 0.4) is 0 Å². The minimum absolute atomic E-state index is 0.0939. The second-order valence-electron chi connectivity index (χ2n) is 4.42. The quantitative estimate of drug-likeness (QED) is 0.619. The van der Waals surface area contributed by atoms with Crippen LogP contribution in [-0.4, -0.2) is 48.4 Å². The number of hydrogen-bond donors (Lipinski definition) is 0. The summed E-state index contributed by atoms with van der Waals surface area (Å²) in [5.41, 5.74) is 1.15. The van der Waals surface area contributed by atoms with Crippen LogP contribution in [-0.2, 0) is 16.1 Å². The van der Waals surface area contributed by atoms with Gasteiger partial charge in [-0.15, -0.1) is 0 Å². The first-order valence-corrected chi connectivity index (χ1v) is 6.65. The molecular weight excluding hydrogens is 328 g/mol. The summed E-state index contributed by atoms with van der Waals surface area (Å²) in [4.78, 5) is 37.4. The van der Waals surface area contributed by atoms with Crippen molar-refractivity contribution in [3.63, 3.8) is 0 Å². The highest BCUT2D eigenvalue weighted by atomic mass is 79.9. The number of hydrogen-bond acceptors (Lipinski definition) is 4. The molecule has 0 N–H and O–H groups in total. The molecule has 1 aromatic rings. The molecule has 0 aliphatic carbocycles. The molecule has 2 rings (SSSR count). The molecule has 1 aromatic carbocycles. The summed E-state index contributed by atoms with van der Waals surface area (Å²) in [6.07, 6.45) is 0. The van der Waals surface area contributed by atoms with Crippen LogP contribution in [0.15, 0.2) is 22.7 Å². The number of carbonyl (C=O) groups excluding carboxylic acids is 3. The van der Waals surface area contributed by atoms with Crippen LogP contribution in [0.25, 0.3) is 0 Å². The minimum atomic E-state index is -0.440. The maximum absolute atomic E-state index is 11.8. The number of imide groups is 1. The lowest BCUT2D eigenvalue weighted by Gasteiger charge is -2.15. The zero-order chi connectivity index (χ0) is 14.9. The number of halogens is 1. The smallest absolute Gasteiger partial charge is 0.337 e. The van der Waals surface area contributed by atoms with Gasteiger partial charge in [-0.1, -0.05) is 22.0 Å². The Kier molecular flexibility index (Phi) is 4.08. The van der Waals surface area contributed by atoms with Crippen LogP contribution in [0, 0.1) is 0 Å². The SMILES string of the molecule is COC(=O)c1ccc(CN2C(=O)CN(C)C2=O)c(Br)c1. The van der Waals surface area contributed by atoms with Gasteiger partial charge in [0, 0.05) is 11.5 Å². The highest BCUT2D eigenvalue weighted by Crippen LogP contribution is 2.22. The second kappa shape index (κ2) is 5.62. The first-order chi connectivity index (χ1) is 9.43. The van der Waals surface area contributed by atoms with Crippen molar-refractivity contribution in [1.29, 1.82) is 0 Å². The van der Waals surface area contributed by atoms with Gasteiger partial charge in [0.05, 0.1) is 19.2 Å². The molecule has 7 heteroatoms. The van der Waals surface area contributed by atoms with Gasteiger partial charge in [0.2, 0.25) is 0 Å². The lowest BCUT2D eigenvalue weighted by molar-refractivity contribution is -0.125. The number of rotatable bonds is 3. The van der Waals surface area contributed by atoms with Crippen LogP contribution < -0.4 is 0 Å². The Morgan fingerprint density at radius 2 is 2.10 bits per heavy atom. The van der Waals surface area contributed by atoms with E-state index in [9.17, 15) is 14.4 Å². The molecule has 0 radical (unpaired) electrons. The van der Waals surface area contributed by atoms with Crippen LogP contribution in [0.1, 0.15) is 15.9 Å². The number of ether oxygens (including phenoxy) is 1. The fourth-order valence-corrected chi connectivity index (χ4v) is 2.42. The Labute approximate surface area is 124 Å². The van der Waals surface area contributed by atoms with E-state index in [1.54, 1.807) is 25.2 Å². The number of benzene rings is 1. The molecular formula is C13H13BrN2O4. The molecule has 0 aromatic heterocycles. The standard InChI is InChI=1S/C13H13BrN2O4/c1-15-7-11(17)16(13(15)19)6-9-4-3-8(5-10(9)14)12(18)20-2/h3-5H,6-7H2,1-2H3. The van der Waals surface area contributed by atoms with Gasteiger partial charge in [0.25, 0.3) is 5.91 Å². The normalized spacial score (nSPS) is 14.9. The molecule has 1 fully saturated rings. The fourth-order valence-electron chi connectivity index (χ4n) is 1.92. The molecule has 6 nitrogen and oxygen atoms in total. The fraction of sp³-hybridized carbons (Fsp3) is 0.308. The van der Waals surface area contributed by atoms with Crippen LogP contribution in [0.5, 0.6) is 0 Å². The van der Waals surface area contributed by atoms with Gasteiger partial charge >= 0.3 is 12.0 Å². The Balaban J connectivity index is 2.20. The van der Waals surface area contributed by atoms with E-state index < -0.39 is 5.97 Å². The summed E-state index contributed by atoms with van der Waals surface area (Å²) >= 11 is 3.34. The summed E-state index contributed by atoms with van der Waals surface area (Å²) in [5.74, 6) is -0.674. The molecule has 0 bridgehead atoms. The summed E-state index contributed by atoms with van der Waals surface area (Å²) in [5, 5.41) is 0. The van der Waals surface area contributed by atoms with Crippen molar-refractivity contribution in [2.45, 2.75) is 6.54 Å². The van der Waals surface area contributed by atoms with Gasteiger partial charge in [-0.25, -0.2) is 9.59 Å². The lowest BCUT2D eigenvalue weighted by Crippen LogP contribution is -2.31. The maximum atomic E-state index is 11.8. The van der Waals surface area contributed by atoms with Crippen LogP contribution in [0.2, 0.25) is 0 Å². The highest BCUT2D eigenvalue weighted by molar-refractivity contribution is 9.10. The second-order valence-corrected chi connectivity index (χ2v) is 5.27. The first kappa shape index (κ1) is 14.5. The average Bonchev–Trinajstić information content (AvgIpc) is 2.66. The topological polar surface area (TPSA) is 66.9 Å². The van der Waals surface area contributed by atoms with Gasteiger partial charge in [0.15, 0.2) is 0 Å². The van der Waals surface area contributed by atoms with Crippen LogP contribution in [0.4, 0.5) is 4.79 Å². The molecule has 0 atom stereocenters. The average molecular weight is 341 g/mol. The Morgan fingerprint density at radius 3 is 2.60 bits per heavy atom. The molecule has 20 heavy (non-hydrogen) atoms. The van der Waals surface area contributed by atoms with E-state index >= 15 is 0 Å². The van der Waals surface area contributed by atoms with E-state index in [1.807, 2.05) is 0 Å². The van der Waals surface area contributed by atoms with Crippen molar-refractivity contribution >= 4 is 33.8 Å². The summed E-state index contributed by atoms with van der Waals surface area (Å²) in [7, 11) is 2.89. The summed E-state index contributed by atoms with van der Waals surface area (Å²) < 4.78 is 5.28. The van der Waals surface area contributed by atoms with Crippen molar-refractivity contribution in [2.24, 2.45) is 0 Å². The molecule has 1 aliphatic heterocycles. The van der Waals surface area contributed by atoms with Crippen molar-refractivity contribution in [3.8, 4) is 0 Å². The van der Waals surface area contributed by atoms with Gasteiger partial charge in [-0.05, 0) is 17.7 Å². The van der Waals surface area contributed by atoms with E-state index in [0.29, 0.717) is 10.0 Å². The van der Waals surface area contributed by atoms with Crippen molar-refractivity contribution < 1.29 is 19.1 Å². The predicted molar refractivity (Wildman–Crippen MR) is 74.1 cm³/mol. The van der Waals surface area contributed by atoms with Gasteiger partial charge in [0.1, 0.15) is 6.54 Å². The zero-order valence-corrected chi connectivity index (χ0v) is 12.6. The molecule has 3 amide bonds. The summed E-state index contributed by atoms with van der Waals surface area (Å²) in [6, 6.07) is 4.57. The summed E-state index contributed by atoms with van der Waals surface area (Å²) in [6.45, 7) is 0.265. The Hall–Kier alpha value is -1.89. The number of nitrogens with zero attached hydrogens (tertiary/aromatic N) is 2. The van der Waals surface area contributed by atoms with Gasteiger partial charge in [-0.2, -0.15) is 0 Å². The van der Waals surface area contributed by atoms with E-state index in [2.05, 4.69) is 20.7 Å².